The third kappa shape index (κ3) is 5.50. The van der Waals surface area contributed by atoms with Gasteiger partial charge in [-0.2, -0.15) is 0 Å². The summed E-state index contributed by atoms with van der Waals surface area (Å²) >= 11 is 0. The van der Waals surface area contributed by atoms with Crippen LogP contribution in [0.4, 0.5) is 5.69 Å². The predicted molar refractivity (Wildman–Crippen MR) is 102 cm³/mol. The first-order valence-corrected chi connectivity index (χ1v) is 8.99. The first kappa shape index (κ1) is 19.3. The van der Waals surface area contributed by atoms with Crippen LogP contribution in [0.3, 0.4) is 0 Å². The summed E-state index contributed by atoms with van der Waals surface area (Å²) < 4.78 is 1.19. The zero-order valence-corrected chi connectivity index (χ0v) is 15.2. The van der Waals surface area contributed by atoms with E-state index in [1.807, 2.05) is 0 Å². The van der Waals surface area contributed by atoms with Gasteiger partial charge >= 0.3 is 0 Å². The Morgan fingerprint density at radius 1 is 1.04 bits per heavy atom. The largest absolute Gasteiger partial charge is 0.353 e. The van der Waals surface area contributed by atoms with Crippen LogP contribution in [0.1, 0.15) is 23.2 Å². The van der Waals surface area contributed by atoms with E-state index in [0.29, 0.717) is 11.3 Å². The maximum absolute atomic E-state index is 12.1. The molecule has 3 amide bonds. The van der Waals surface area contributed by atoms with E-state index in [4.69, 9.17) is 0 Å². The van der Waals surface area contributed by atoms with Gasteiger partial charge in [-0.3, -0.25) is 23.7 Å². The Labute approximate surface area is 161 Å². The Morgan fingerprint density at radius 3 is 2.43 bits per heavy atom. The molecule has 9 heteroatoms. The van der Waals surface area contributed by atoms with Crippen molar-refractivity contribution in [1.29, 1.82) is 0 Å². The monoisotopic (exact) mass is 383 g/mol. The van der Waals surface area contributed by atoms with E-state index in [1.54, 1.807) is 24.3 Å². The number of nitrogens with zero attached hydrogens (tertiary/aromatic N) is 2. The van der Waals surface area contributed by atoms with E-state index in [9.17, 15) is 19.2 Å². The Kier molecular flexibility index (Phi) is 6.15. The SMILES string of the molecule is O=C(Cn1cnccc1=O)NCCNC(=O)c1ccc(NC(=O)C2CC2)cc1. The number of hydrogen-bond donors (Lipinski definition) is 3. The molecule has 146 valence electrons. The van der Waals surface area contributed by atoms with E-state index in [-0.39, 0.29) is 48.8 Å². The molecule has 3 N–H and O–H groups in total. The molecule has 0 radical (unpaired) electrons. The van der Waals surface area contributed by atoms with Crippen molar-refractivity contribution in [2.24, 2.45) is 5.92 Å². The van der Waals surface area contributed by atoms with Crippen molar-refractivity contribution in [2.45, 2.75) is 19.4 Å². The summed E-state index contributed by atoms with van der Waals surface area (Å²) in [7, 11) is 0. The minimum absolute atomic E-state index is 0.0153. The second kappa shape index (κ2) is 8.94. The van der Waals surface area contributed by atoms with Crippen molar-refractivity contribution in [3.8, 4) is 0 Å². The van der Waals surface area contributed by atoms with Crippen LogP contribution < -0.4 is 21.5 Å². The van der Waals surface area contributed by atoms with Gasteiger partial charge in [0.05, 0.1) is 6.33 Å². The number of nitrogens with one attached hydrogen (secondary N) is 3. The average molecular weight is 383 g/mol. The molecule has 2 aromatic rings. The van der Waals surface area contributed by atoms with Gasteiger partial charge in [0.25, 0.3) is 11.5 Å². The molecular weight excluding hydrogens is 362 g/mol. The van der Waals surface area contributed by atoms with Gasteiger partial charge in [0.15, 0.2) is 0 Å². The second-order valence-corrected chi connectivity index (χ2v) is 6.49. The lowest BCUT2D eigenvalue weighted by molar-refractivity contribution is -0.121. The molecule has 0 aliphatic heterocycles. The Morgan fingerprint density at radius 2 is 1.75 bits per heavy atom. The highest BCUT2D eigenvalue weighted by molar-refractivity contribution is 5.96. The average Bonchev–Trinajstić information content (AvgIpc) is 3.53. The molecule has 0 spiro atoms. The Balaban J connectivity index is 1.38. The van der Waals surface area contributed by atoms with Crippen LogP contribution in [0.15, 0.2) is 47.7 Å². The summed E-state index contributed by atoms with van der Waals surface area (Å²) in [6.07, 6.45) is 4.52. The molecule has 1 saturated carbocycles. The van der Waals surface area contributed by atoms with Gasteiger partial charge < -0.3 is 16.0 Å². The van der Waals surface area contributed by atoms with Crippen molar-refractivity contribution in [2.75, 3.05) is 18.4 Å². The highest BCUT2D eigenvalue weighted by atomic mass is 16.2. The maximum Gasteiger partial charge on any atom is 0.253 e. The lowest BCUT2D eigenvalue weighted by Crippen LogP contribution is -2.37. The summed E-state index contributed by atoms with van der Waals surface area (Å²) in [5, 5.41) is 8.13. The normalized spacial score (nSPS) is 12.9. The van der Waals surface area contributed by atoms with Crippen LogP contribution >= 0.6 is 0 Å². The molecule has 1 aliphatic rings. The van der Waals surface area contributed by atoms with Crippen LogP contribution in [-0.4, -0.2) is 40.4 Å². The first-order valence-electron chi connectivity index (χ1n) is 8.99. The third-order valence-corrected chi connectivity index (χ3v) is 4.20. The zero-order valence-electron chi connectivity index (χ0n) is 15.2. The second-order valence-electron chi connectivity index (χ2n) is 6.49. The third-order valence-electron chi connectivity index (χ3n) is 4.20. The Hall–Kier alpha value is -3.49. The minimum Gasteiger partial charge on any atom is -0.353 e. The van der Waals surface area contributed by atoms with Crippen molar-refractivity contribution < 1.29 is 14.4 Å². The van der Waals surface area contributed by atoms with Crippen LogP contribution in [0, 0.1) is 5.92 Å². The summed E-state index contributed by atoms with van der Waals surface area (Å²) in [6, 6.07) is 7.90. The molecule has 9 nitrogen and oxygen atoms in total. The number of anilines is 1. The van der Waals surface area contributed by atoms with E-state index >= 15 is 0 Å². The van der Waals surface area contributed by atoms with E-state index in [2.05, 4.69) is 20.9 Å². The van der Waals surface area contributed by atoms with Gasteiger partial charge in [-0.05, 0) is 37.1 Å². The standard InChI is InChI=1S/C19H21N5O4/c25-16(11-24-12-20-8-7-17(24)26)21-9-10-22-18(27)13-3-5-15(6-4-13)23-19(28)14-1-2-14/h3-8,12,14H,1-2,9-11H2,(H,21,25)(H,22,27)(H,23,28). The topological polar surface area (TPSA) is 122 Å². The van der Waals surface area contributed by atoms with Gasteiger partial charge in [0.1, 0.15) is 6.54 Å². The summed E-state index contributed by atoms with van der Waals surface area (Å²) in [4.78, 5) is 50.9. The predicted octanol–water partition coefficient (Wildman–Crippen LogP) is 0.138. The van der Waals surface area contributed by atoms with Crippen molar-refractivity contribution in [3.63, 3.8) is 0 Å². The molecule has 1 fully saturated rings. The maximum atomic E-state index is 12.1. The molecule has 1 aliphatic carbocycles. The molecule has 28 heavy (non-hydrogen) atoms. The molecular formula is C19H21N5O4. The number of hydrogen-bond acceptors (Lipinski definition) is 5. The van der Waals surface area contributed by atoms with Gasteiger partial charge in [-0.25, -0.2) is 4.98 Å². The number of benzene rings is 1. The first-order chi connectivity index (χ1) is 13.5. The molecule has 0 saturated heterocycles. The summed E-state index contributed by atoms with van der Waals surface area (Å²) in [5.74, 6) is -0.491. The number of aromatic nitrogens is 2. The van der Waals surface area contributed by atoms with Gasteiger partial charge in [0.2, 0.25) is 11.8 Å². The summed E-state index contributed by atoms with van der Waals surface area (Å²) in [5.41, 5.74) is 0.805. The van der Waals surface area contributed by atoms with Crippen LogP contribution in [-0.2, 0) is 16.1 Å². The number of carbonyl (C=O) groups is 3. The fraction of sp³-hybridized carbons (Fsp3) is 0.316. The number of carbonyl (C=O) groups excluding carboxylic acids is 3. The van der Waals surface area contributed by atoms with Crippen molar-refractivity contribution in [1.82, 2.24) is 20.2 Å². The quantitative estimate of drug-likeness (QED) is 0.560. The highest BCUT2D eigenvalue weighted by Crippen LogP contribution is 2.30. The molecule has 0 unspecified atom stereocenters. The molecule has 1 heterocycles. The molecule has 0 atom stereocenters. The lowest BCUT2D eigenvalue weighted by atomic mass is 10.2. The molecule has 3 rings (SSSR count). The number of amides is 3. The molecule has 0 bridgehead atoms. The highest BCUT2D eigenvalue weighted by Gasteiger charge is 2.29. The smallest absolute Gasteiger partial charge is 0.253 e. The van der Waals surface area contributed by atoms with Crippen molar-refractivity contribution in [3.05, 3.63) is 58.8 Å². The minimum atomic E-state index is -0.347. The van der Waals surface area contributed by atoms with Crippen molar-refractivity contribution >= 4 is 23.4 Å². The van der Waals surface area contributed by atoms with Crippen LogP contribution in [0.2, 0.25) is 0 Å². The molecule has 1 aromatic carbocycles. The fourth-order valence-electron chi connectivity index (χ4n) is 2.48. The summed E-state index contributed by atoms with van der Waals surface area (Å²) in [6.45, 7) is 0.344. The van der Waals surface area contributed by atoms with Gasteiger partial charge in [0, 0.05) is 42.5 Å². The van der Waals surface area contributed by atoms with Gasteiger partial charge in [-0.15, -0.1) is 0 Å². The fourth-order valence-corrected chi connectivity index (χ4v) is 2.48. The Bertz CT molecular complexity index is 918. The van der Waals surface area contributed by atoms with E-state index in [0.717, 1.165) is 12.8 Å². The number of rotatable bonds is 8. The van der Waals surface area contributed by atoms with Crippen LogP contribution in [0.25, 0.3) is 0 Å². The molecule has 1 aromatic heterocycles. The van der Waals surface area contributed by atoms with Crippen LogP contribution in [0.5, 0.6) is 0 Å². The zero-order chi connectivity index (χ0) is 19.9. The van der Waals surface area contributed by atoms with E-state index < -0.39 is 0 Å². The van der Waals surface area contributed by atoms with E-state index in [1.165, 1.54) is 23.2 Å². The van der Waals surface area contributed by atoms with Gasteiger partial charge in [-0.1, -0.05) is 0 Å². The lowest BCUT2D eigenvalue weighted by Gasteiger charge is -2.09.